The molecule has 0 atom stereocenters. The predicted octanol–water partition coefficient (Wildman–Crippen LogP) is 1.74. The summed E-state index contributed by atoms with van der Waals surface area (Å²) in [5, 5.41) is 9.87. The van der Waals surface area contributed by atoms with E-state index in [9.17, 15) is 9.90 Å². The van der Waals surface area contributed by atoms with E-state index in [1.54, 1.807) is 32.2 Å². The minimum Gasteiger partial charge on any atom is -0.408 e. The van der Waals surface area contributed by atoms with Crippen LogP contribution in [0.1, 0.15) is 19.7 Å². The molecule has 0 spiro atoms. The molecule has 3 aromatic rings. The lowest BCUT2D eigenvalue weighted by atomic mass is 10.1. The van der Waals surface area contributed by atoms with Crippen LogP contribution >= 0.6 is 0 Å². The molecule has 6 nitrogen and oxygen atoms in total. The van der Waals surface area contributed by atoms with Gasteiger partial charge in [-0.1, -0.05) is 6.07 Å². The number of rotatable bonds is 2. The largest absolute Gasteiger partial charge is 0.417 e. The van der Waals surface area contributed by atoms with Crippen molar-refractivity contribution in [3.63, 3.8) is 0 Å². The van der Waals surface area contributed by atoms with Crippen molar-refractivity contribution in [2.24, 2.45) is 0 Å². The van der Waals surface area contributed by atoms with E-state index in [0.29, 0.717) is 16.9 Å². The highest BCUT2D eigenvalue weighted by molar-refractivity contribution is 5.78. The Balaban J connectivity index is 2.08. The third-order valence-corrected chi connectivity index (χ3v) is 2.89. The molecular formula is C13H13N3O3. The number of nitrogens with one attached hydrogen (secondary N) is 2. The van der Waals surface area contributed by atoms with Gasteiger partial charge >= 0.3 is 5.76 Å². The molecule has 0 aliphatic heterocycles. The summed E-state index contributed by atoms with van der Waals surface area (Å²) in [5.74, 6) is 0.00654. The summed E-state index contributed by atoms with van der Waals surface area (Å²) >= 11 is 0. The molecule has 3 N–H and O–H groups in total. The molecule has 0 fully saturated rings. The standard InChI is InChI=1S/C13H13N3O3/c1-13(2,18)11-14-6-9(15-11)7-3-4-8-10(5-7)19-12(17)16-8/h3-6,18H,1-2H3,(H,14,15)(H,16,17). The molecule has 0 aliphatic rings. The van der Waals surface area contributed by atoms with E-state index in [2.05, 4.69) is 15.0 Å². The van der Waals surface area contributed by atoms with E-state index >= 15 is 0 Å². The molecule has 0 radical (unpaired) electrons. The van der Waals surface area contributed by atoms with Crippen LogP contribution < -0.4 is 5.76 Å². The van der Waals surface area contributed by atoms with E-state index in [0.717, 1.165) is 11.3 Å². The van der Waals surface area contributed by atoms with E-state index in [4.69, 9.17) is 4.42 Å². The smallest absolute Gasteiger partial charge is 0.408 e. The monoisotopic (exact) mass is 259 g/mol. The van der Waals surface area contributed by atoms with Gasteiger partial charge in [-0.2, -0.15) is 0 Å². The maximum absolute atomic E-state index is 11.1. The van der Waals surface area contributed by atoms with Crippen molar-refractivity contribution >= 4 is 11.1 Å². The lowest BCUT2D eigenvalue weighted by Gasteiger charge is -2.12. The lowest BCUT2D eigenvalue weighted by Crippen LogP contribution is -2.17. The van der Waals surface area contributed by atoms with Gasteiger partial charge in [-0.25, -0.2) is 9.78 Å². The number of oxazole rings is 1. The van der Waals surface area contributed by atoms with Crippen LogP contribution in [0, 0.1) is 0 Å². The molecule has 2 heterocycles. The van der Waals surface area contributed by atoms with Crippen LogP contribution in [0.4, 0.5) is 0 Å². The van der Waals surface area contributed by atoms with Gasteiger partial charge < -0.3 is 14.5 Å². The van der Waals surface area contributed by atoms with Crippen LogP contribution in [0.15, 0.2) is 33.6 Å². The van der Waals surface area contributed by atoms with Crippen molar-refractivity contribution in [1.29, 1.82) is 0 Å². The molecule has 98 valence electrons. The van der Waals surface area contributed by atoms with Gasteiger partial charge in [0.2, 0.25) is 0 Å². The zero-order valence-electron chi connectivity index (χ0n) is 10.5. The van der Waals surface area contributed by atoms with Gasteiger partial charge in [-0.3, -0.25) is 4.98 Å². The molecule has 0 bridgehead atoms. The normalized spacial score (nSPS) is 12.2. The second-order valence-corrected chi connectivity index (χ2v) is 4.93. The minimum absolute atomic E-state index is 0.478. The highest BCUT2D eigenvalue weighted by Crippen LogP contribution is 2.24. The second kappa shape index (κ2) is 3.83. The van der Waals surface area contributed by atoms with Crippen molar-refractivity contribution in [1.82, 2.24) is 15.0 Å². The number of hydrogen-bond acceptors (Lipinski definition) is 4. The number of fused-ring (bicyclic) bond motifs is 1. The van der Waals surface area contributed by atoms with E-state index < -0.39 is 11.4 Å². The highest BCUT2D eigenvalue weighted by Gasteiger charge is 2.20. The SMILES string of the molecule is CC(C)(O)c1ncc(-c2ccc3[nH]c(=O)oc3c2)[nH]1. The summed E-state index contributed by atoms with van der Waals surface area (Å²) < 4.78 is 5.01. The minimum atomic E-state index is -1.02. The Morgan fingerprint density at radius 2 is 2.11 bits per heavy atom. The zero-order chi connectivity index (χ0) is 13.6. The lowest BCUT2D eigenvalue weighted by molar-refractivity contribution is 0.0697. The first-order valence-corrected chi connectivity index (χ1v) is 5.84. The van der Waals surface area contributed by atoms with Gasteiger partial charge in [0.1, 0.15) is 11.4 Å². The van der Waals surface area contributed by atoms with E-state index in [-0.39, 0.29) is 0 Å². The quantitative estimate of drug-likeness (QED) is 0.653. The summed E-state index contributed by atoms with van der Waals surface area (Å²) in [4.78, 5) is 20.9. The molecule has 0 unspecified atom stereocenters. The topological polar surface area (TPSA) is 94.9 Å². The average molecular weight is 259 g/mol. The number of imidazole rings is 1. The maximum Gasteiger partial charge on any atom is 0.417 e. The molecule has 3 rings (SSSR count). The molecule has 0 saturated heterocycles. The number of hydrogen-bond donors (Lipinski definition) is 3. The molecule has 1 aromatic carbocycles. The predicted molar refractivity (Wildman–Crippen MR) is 69.7 cm³/mol. The van der Waals surface area contributed by atoms with Gasteiger partial charge in [-0.05, 0) is 26.0 Å². The van der Waals surface area contributed by atoms with Crippen LogP contribution in [-0.4, -0.2) is 20.1 Å². The van der Waals surface area contributed by atoms with E-state index in [1.165, 1.54) is 0 Å². The van der Waals surface area contributed by atoms with Crippen LogP contribution in [0.3, 0.4) is 0 Å². The molecular weight excluding hydrogens is 246 g/mol. The summed E-state index contributed by atoms with van der Waals surface area (Å²) in [6, 6.07) is 5.35. The third-order valence-electron chi connectivity index (χ3n) is 2.89. The maximum atomic E-state index is 11.1. The summed E-state index contributed by atoms with van der Waals surface area (Å²) in [7, 11) is 0. The van der Waals surface area contributed by atoms with Crippen LogP contribution in [0.5, 0.6) is 0 Å². The number of aromatic nitrogens is 3. The van der Waals surface area contributed by atoms with Gasteiger partial charge in [-0.15, -0.1) is 0 Å². The Labute approximate surface area is 108 Å². The Morgan fingerprint density at radius 3 is 2.79 bits per heavy atom. The summed E-state index contributed by atoms with van der Waals surface area (Å²) in [6.45, 7) is 3.31. The van der Waals surface area contributed by atoms with Crippen LogP contribution in [0.25, 0.3) is 22.4 Å². The fourth-order valence-corrected chi connectivity index (χ4v) is 1.89. The first kappa shape index (κ1) is 11.7. The molecule has 6 heteroatoms. The third kappa shape index (κ3) is 2.06. The molecule has 0 saturated carbocycles. The fourth-order valence-electron chi connectivity index (χ4n) is 1.89. The fraction of sp³-hybridized carbons (Fsp3) is 0.231. The van der Waals surface area contributed by atoms with Crippen molar-refractivity contribution in [3.05, 3.63) is 40.8 Å². The first-order chi connectivity index (χ1) is 8.93. The van der Waals surface area contributed by atoms with Gasteiger partial charge in [0.15, 0.2) is 5.58 Å². The molecule has 2 aromatic heterocycles. The van der Waals surface area contributed by atoms with Crippen molar-refractivity contribution in [2.75, 3.05) is 0 Å². The number of H-pyrrole nitrogens is 2. The first-order valence-electron chi connectivity index (χ1n) is 5.84. The Bertz CT molecular complexity index is 789. The van der Waals surface area contributed by atoms with Crippen molar-refractivity contribution in [2.45, 2.75) is 19.4 Å². The van der Waals surface area contributed by atoms with Crippen molar-refractivity contribution < 1.29 is 9.52 Å². The average Bonchev–Trinajstić information content (AvgIpc) is 2.90. The second-order valence-electron chi connectivity index (χ2n) is 4.93. The number of aromatic amines is 2. The van der Waals surface area contributed by atoms with E-state index in [1.807, 2.05) is 6.07 Å². The van der Waals surface area contributed by atoms with Gasteiger partial charge in [0, 0.05) is 5.56 Å². The number of benzene rings is 1. The van der Waals surface area contributed by atoms with Crippen LogP contribution in [0.2, 0.25) is 0 Å². The van der Waals surface area contributed by atoms with Crippen LogP contribution in [-0.2, 0) is 5.60 Å². The summed E-state index contributed by atoms with van der Waals surface area (Å²) in [5.41, 5.74) is 1.70. The Morgan fingerprint density at radius 1 is 1.32 bits per heavy atom. The summed E-state index contributed by atoms with van der Waals surface area (Å²) in [6.07, 6.45) is 1.64. The van der Waals surface area contributed by atoms with Gasteiger partial charge in [0.25, 0.3) is 0 Å². The molecule has 19 heavy (non-hydrogen) atoms. The Hall–Kier alpha value is -2.34. The highest BCUT2D eigenvalue weighted by atomic mass is 16.4. The Kier molecular flexibility index (Phi) is 2.36. The van der Waals surface area contributed by atoms with Gasteiger partial charge in [0.05, 0.1) is 17.4 Å². The molecule has 0 aliphatic carbocycles. The number of nitrogens with zero attached hydrogens (tertiary/aromatic N) is 1. The molecule has 0 amide bonds. The zero-order valence-corrected chi connectivity index (χ0v) is 10.5. The number of aliphatic hydroxyl groups is 1. The van der Waals surface area contributed by atoms with Crippen molar-refractivity contribution in [3.8, 4) is 11.3 Å².